The van der Waals surface area contributed by atoms with Gasteiger partial charge in [0.25, 0.3) is 11.2 Å². The Labute approximate surface area is 256 Å². The average Bonchev–Trinajstić information content (AvgIpc) is 3.33. The molecule has 2 heterocycles. The van der Waals surface area contributed by atoms with E-state index in [4.69, 9.17) is 18.9 Å². The molecule has 0 aliphatic carbocycles. The molecule has 1 atom stereocenters. The highest BCUT2D eigenvalue weighted by molar-refractivity contribution is 7.07. The van der Waals surface area contributed by atoms with Gasteiger partial charge in [-0.2, -0.15) is 0 Å². The zero-order valence-corrected chi connectivity index (χ0v) is 25.3. The first-order chi connectivity index (χ1) is 21.2. The molecular formula is C32H29N3O8S. The van der Waals surface area contributed by atoms with Crippen molar-refractivity contribution in [3.8, 4) is 17.2 Å². The lowest BCUT2D eigenvalue weighted by molar-refractivity contribution is -0.384. The number of non-ortho nitro benzene ring substituents is 1. The number of fused-ring (bicyclic) bond motifs is 1. The fourth-order valence-corrected chi connectivity index (χ4v) is 5.92. The summed E-state index contributed by atoms with van der Waals surface area (Å²) >= 11 is 1.19. The molecule has 44 heavy (non-hydrogen) atoms. The number of methoxy groups -OCH3 is 2. The molecule has 0 spiro atoms. The zero-order valence-electron chi connectivity index (χ0n) is 24.4. The third-order valence-corrected chi connectivity index (χ3v) is 7.98. The summed E-state index contributed by atoms with van der Waals surface area (Å²) in [7, 11) is 3.05. The summed E-state index contributed by atoms with van der Waals surface area (Å²) in [5, 5.41) is 11.0. The van der Waals surface area contributed by atoms with Gasteiger partial charge < -0.3 is 18.9 Å². The van der Waals surface area contributed by atoms with Crippen molar-refractivity contribution >= 4 is 29.1 Å². The first-order valence-electron chi connectivity index (χ1n) is 13.6. The highest BCUT2D eigenvalue weighted by Crippen LogP contribution is 2.37. The fraction of sp³-hybridized carbons (Fsp3) is 0.219. The molecule has 0 saturated carbocycles. The Hall–Kier alpha value is -5.23. The topological polar surface area (TPSA) is 131 Å². The molecule has 0 fully saturated rings. The molecule has 0 saturated heterocycles. The van der Waals surface area contributed by atoms with Crippen molar-refractivity contribution in [2.45, 2.75) is 26.5 Å². The number of nitrogens with zero attached hydrogens (tertiary/aromatic N) is 3. The first-order valence-corrected chi connectivity index (χ1v) is 14.4. The van der Waals surface area contributed by atoms with Crippen molar-refractivity contribution in [3.05, 3.63) is 124 Å². The molecule has 11 nitrogen and oxygen atoms in total. The van der Waals surface area contributed by atoms with Crippen molar-refractivity contribution in [2.75, 3.05) is 20.8 Å². The van der Waals surface area contributed by atoms with E-state index in [2.05, 4.69) is 4.99 Å². The van der Waals surface area contributed by atoms with Gasteiger partial charge in [0.1, 0.15) is 29.9 Å². The molecule has 1 aliphatic heterocycles. The molecule has 3 aromatic carbocycles. The number of hydrogen-bond donors (Lipinski definition) is 0. The second-order valence-corrected chi connectivity index (χ2v) is 10.7. The molecule has 0 radical (unpaired) electrons. The summed E-state index contributed by atoms with van der Waals surface area (Å²) in [5.41, 5.74) is 2.30. The van der Waals surface area contributed by atoms with Crippen LogP contribution in [-0.4, -0.2) is 36.3 Å². The number of carbonyl (C=O) groups excluding carboxylic acids is 1. The van der Waals surface area contributed by atoms with Crippen LogP contribution in [0.25, 0.3) is 6.08 Å². The van der Waals surface area contributed by atoms with Crippen LogP contribution in [0, 0.1) is 10.1 Å². The van der Waals surface area contributed by atoms with E-state index < -0.39 is 16.9 Å². The minimum atomic E-state index is -0.859. The minimum Gasteiger partial charge on any atom is -0.497 e. The molecule has 0 unspecified atom stereocenters. The van der Waals surface area contributed by atoms with Crippen LogP contribution in [-0.2, 0) is 16.1 Å². The number of nitro benzene ring substituents is 1. The van der Waals surface area contributed by atoms with Gasteiger partial charge >= 0.3 is 5.97 Å². The van der Waals surface area contributed by atoms with Gasteiger partial charge in [-0.25, -0.2) is 9.79 Å². The normalized spacial score (nSPS) is 14.5. The molecule has 0 bridgehead atoms. The molecule has 5 rings (SSSR count). The number of para-hydroxylation sites is 1. The summed E-state index contributed by atoms with van der Waals surface area (Å²) in [6, 6.07) is 17.7. The second kappa shape index (κ2) is 13.0. The Kier molecular flexibility index (Phi) is 8.91. The van der Waals surface area contributed by atoms with E-state index in [-0.39, 0.29) is 30.0 Å². The van der Waals surface area contributed by atoms with Gasteiger partial charge in [-0.15, -0.1) is 0 Å². The Bertz CT molecular complexity index is 1940. The second-order valence-electron chi connectivity index (χ2n) is 9.66. The lowest BCUT2D eigenvalue weighted by Crippen LogP contribution is -2.40. The number of ether oxygens (including phenoxy) is 4. The van der Waals surface area contributed by atoms with Crippen LogP contribution in [0.3, 0.4) is 0 Å². The largest absolute Gasteiger partial charge is 0.497 e. The predicted octanol–water partition coefficient (Wildman–Crippen LogP) is 4.30. The van der Waals surface area contributed by atoms with Crippen LogP contribution in [0.1, 0.15) is 36.6 Å². The van der Waals surface area contributed by atoms with E-state index in [1.54, 1.807) is 63.4 Å². The van der Waals surface area contributed by atoms with Crippen LogP contribution in [0.2, 0.25) is 0 Å². The van der Waals surface area contributed by atoms with E-state index >= 15 is 0 Å². The van der Waals surface area contributed by atoms with Crippen LogP contribution in [0.5, 0.6) is 17.2 Å². The standard InChI is InChI=1S/C32H29N3O8S/c1-5-42-31(37)28-19(2)33-32-34(29(28)24-15-14-23(40-3)17-26(24)41-4)30(36)27(44-32)16-21-8-6-7-9-25(21)43-18-20-10-12-22(13-11-20)35(38)39/h6-17,29H,5,18H2,1-4H3/b27-16-/t29-/m1/s1. The van der Waals surface area contributed by atoms with E-state index in [9.17, 15) is 19.7 Å². The fourth-order valence-electron chi connectivity index (χ4n) is 4.88. The van der Waals surface area contributed by atoms with Crippen LogP contribution in [0.15, 0.2) is 87.8 Å². The smallest absolute Gasteiger partial charge is 0.338 e. The number of allylic oxidation sites excluding steroid dienone is 1. The number of carbonyl (C=O) groups is 1. The lowest BCUT2D eigenvalue weighted by Gasteiger charge is -2.26. The number of thiazole rings is 1. The molecule has 1 aromatic heterocycles. The number of rotatable bonds is 10. The van der Waals surface area contributed by atoms with Crippen molar-refractivity contribution in [2.24, 2.45) is 4.99 Å². The third kappa shape index (κ3) is 5.97. The number of hydrogen-bond acceptors (Lipinski definition) is 10. The monoisotopic (exact) mass is 615 g/mol. The maximum Gasteiger partial charge on any atom is 0.338 e. The Balaban J connectivity index is 1.59. The molecular weight excluding hydrogens is 586 g/mol. The third-order valence-electron chi connectivity index (χ3n) is 7.00. The first kappa shape index (κ1) is 30.2. The highest BCUT2D eigenvalue weighted by Gasteiger charge is 2.35. The van der Waals surface area contributed by atoms with Crippen LogP contribution >= 0.6 is 11.3 Å². The van der Waals surface area contributed by atoms with Gasteiger partial charge in [-0.05, 0) is 55.8 Å². The number of benzene rings is 3. The molecule has 0 amide bonds. The average molecular weight is 616 g/mol. The summed E-state index contributed by atoms with van der Waals surface area (Å²) < 4.78 is 24.3. The van der Waals surface area contributed by atoms with Gasteiger partial charge in [-0.3, -0.25) is 19.5 Å². The zero-order chi connectivity index (χ0) is 31.4. The maximum absolute atomic E-state index is 14.1. The Morgan fingerprint density at radius 1 is 1.07 bits per heavy atom. The molecule has 226 valence electrons. The SMILES string of the molecule is CCOC(=O)C1=C(C)N=c2s/c(=C\c3ccccc3OCc3ccc([N+](=O)[O-])cc3)c(=O)n2[C@@H]1c1ccc(OC)cc1OC. The summed E-state index contributed by atoms with van der Waals surface area (Å²) in [5.74, 6) is 0.941. The Morgan fingerprint density at radius 2 is 1.82 bits per heavy atom. The van der Waals surface area contributed by atoms with Crippen LogP contribution in [0.4, 0.5) is 5.69 Å². The van der Waals surface area contributed by atoms with Gasteiger partial charge in [0.2, 0.25) is 0 Å². The highest BCUT2D eigenvalue weighted by atomic mass is 32.1. The summed E-state index contributed by atoms with van der Waals surface area (Å²) in [6.45, 7) is 3.76. The summed E-state index contributed by atoms with van der Waals surface area (Å²) in [4.78, 5) is 42.9. The maximum atomic E-state index is 14.1. The molecule has 1 aliphatic rings. The Morgan fingerprint density at radius 3 is 2.50 bits per heavy atom. The number of aromatic nitrogens is 1. The van der Waals surface area contributed by atoms with E-state index in [0.717, 1.165) is 5.56 Å². The van der Waals surface area contributed by atoms with E-state index in [1.165, 1.54) is 35.1 Å². The van der Waals surface area contributed by atoms with Crippen molar-refractivity contribution in [1.82, 2.24) is 4.57 Å². The van der Waals surface area contributed by atoms with Gasteiger partial charge in [0.15, 0.2) is 4.80 Å². The van der Waals surface area contributed by atoms with E-state index in [0.29, 0.717) is 43.4 Å². The van der Waals surface area contributed by atoms with Gasteiger partial charge in [0.05, 0.1) is 41.6 Å². The number of nitro groups is 1. The van der Waals surface area contributed by atoms with E-state index in [1.807, 2.05) is 18.2 Å². The van der Waals surface area contributed by atoms with Crippen molar-refractivity contribution < 1.29 is 28.7 Å². The predicted molar refractivity (Wildman–Crippen MR) is 164 cm³/mol. The van der Waals surface area contributed by atoms with Gasteiger partial charge in [-0.1, -0.05) is 29.5 Å². The molecule has 0 N–H and O–H groups in total. The lowest BCUT2D eigenvalue weighted by atomic mass is 9.95. The minimum absolute atomic E-state index is 0.00330. The quantitative estimate of drug-likeness (QED) is 0.147. The van der Waals surface area contributed by atoms with Gasteiger partial charge in [0, 0.05) is 29.3 Å². The van der Waals surface area contributed by atoms with Crippen LogP contribution < -0.4 is 29.1 Å². The molecule has 4 aromatic rings. The summed E-state index contributed by atoms with van der Waals surface area (Å²) in [6.07, 6.45) is 1.72. The number of esters is 1. The molecule has 12 heteroatoms. The van der Waals surface area contributed by atoms with Crippen molar-refractivity contribution in [3.63, 3.8) is 0 Å². The van der Waals surface area contributed by atoms with Crippen molar-refractivity contribution in [1.29, 1.82) is 0 Å².